The van der Waals surface area contributed by atoms with Crippen LogP contribution < -0.4 is 21.2 Å². The first-order valence-electron chi connectivity index (χ1n) is 10.8. The van der Waals surface area contributed by atoms with Crippen LogP contribution in [-0.2, 0) is 0 Å². The number of amides is 1. The van der Waals surface area contributed by atoms with Gasteiger partial charge >= 0.3 is 5.63 Å². The lowest BCUT2D eigenvalue weighted by molar-refractivity contribution is 0.103. The maximum Gasteiger partial charge on any atom is 0.347 e. The fourth-order valence-electron chi connectivity index (χ4n) is 4.17. The molecule has 0 aliphatic heterocycles. The highest BCUT2D eigenvalue weighted by molar-refractivity contribution is 7.20. The third kappa shape index (κ3) is 4.00. The van der Waals surface area contributed by atoms with Crippen LogP contribution >= 0.6 is 11.3 Å². The van der Waals surface area contributed by atoms with Gasteiger partial charge in [-0.1, -0.05) is 18.2 Å². The maximum absolute atomic E-state index is 13.0. The minimum atomic E-state index is -0.662. The van der Waals surface area contributed by atoms with Gasteiger partial charge in [-0.2, -0.15) is 0 Å². The van der Waals surface area contributed by atoms with Gasteiger partial charge in [0, 0.05) is 11.1 Å². The van der Waals surface area contributed by atoms with Crippen LogP contribution in [0.15, 0.2) is 56.5 Å². The Balaban J connectivity index is 1.59. The largest absolute Gasteiger partial charge is 0.493 e. The summed E-state index contributed by atoms with van der Waals surface area (Å²) >= 11 is 1.10. The van der Waals surface area contributed by atoms with Gasteiger partial charge in [-0.3, -0.25) is 9.59 Å². The van der Waals surface area contributed by atoms with Gasteiger partial charge in [-0.05, 0) is 61.7 Å². The Hall–Kier alpha value is -4.24. The second-order valence-corrected chi connectivity index (χ2v) is 9.31. The third-order valence-electron chi connectivity index (χ3n) is 5.69. The number of carbonyl (C=O) groups is 1. The number of hydrogen-bond donors (Lipinski definition) is 2. The van der Waals surface area contributed by atoms with Crippen molar-refractivity contribution < 1.29 is 13.9 Å². The number of aromatic nitrogens is 2. The molecule has 0 bridgehead atoms. The van der Waals surface area contributed by atoms with E-state index in [0.29, 0.717) is 43.1 Å². The molecule has 0 saturated carbocycles. The van der Waals surface area contributed by atoms with Crippen molar-refractivity contribution in [3.05, 3.63) is 84.8 Å². The number of nitrogens with one attached hydrogen (secondary N) is 2. The first kappa shape index (κ1) is 22.5. The molecule has 0 aliphatic rings. The number of thiophene rings is 1. The van der Waals surface area contributed by atoms with Crippen LogP contribution in [0.4, 0.5) is 5.69 Å². The summed E-state index contributed by atoms with van der Waals surface area (Å²) in [6.45, 7) is 5.62. The quantitative estimate of drug-likeness (QED) is 0.347. The first-order valence-corrected chi connectivity index (χ1v) is 11.6. The van der Waals surface area contributed by atoms with E-state index in [4.69, 9.17) is 9.15 Å². The number of H-pyrrole nitrogens is 1. The lowest BCUT2D eigenvalue weighted by Crippen LogP contribution is -2.14. The van der Waals surface area contributed by atoms with E-state index in [1.54, 1.807) is 31.2 Å². The minimum Gasteiger partial charge on any atom is -0.493 e. The van der Waals surface area contributed by atoms with Crippen LogP contribution in [-0.4, -0.2) is 23.0 Å². The van der Waals surface area contributed by atoms with Gasteiger partial charge in [0.15, 0.2) is 11.3 Å². The lowest BCUT2D eigenvalue weighted by atomic mass is 10.1. The van der Waals surface area contributed by atoms with Crippen molar-refractivity contribution in [2.24, 2.45) is 0 Å². The van der Waals surface area contributed by atoms with Crippen LogP contribution in [0.2, 0.25) is 0 Å². The molecule has 176 valence electrons. The van der Waals surface area contributed by atoms with E-state index in [0.717, 1.165) is 22.5 Å². The highest BCUT2D eigenvalue weighted by Crippen LogP contribution is 2.30. The Labute approximate surface area is 203 Å². The zero-order chi connectivity index (χ0) is 24.9. The van der Waals surface area contributed by atoms with Gasteiger partial charge in [-0.25, -0.2) is 9.78 Å². The van der Waals surface area contributed by atoms with E-state index < -0.39 is 11.2 Å². The summed E-state index contributed by atoms with van der Waals surface area (Å²) in [5.74, 6) is 0.175. The van der Waals surface area contributed by atoms with E-state index >= 15 is 0 Å². The molecule has 9 heteroatoms. The molecule has 35 heavy (non-hydrogen) atoms. The van der Waals surface area contributed by atoms with Crippen molar-refractivity contribution in [3.8, 4) is 17.1 Å². The highest BCUT2D eigenvalue weighted by atomic mass is 32.1. The van der Waals surface area contributed by atoms with Gasteiger partial charge in [-0.15, -0.1) is 11.3 Å². The maximum atomic E-state index is 13.0. The SMILES string of the molecule is COc1cccc2cc(-c3nc4sc(C(=O)Nc5cc(C)cc(C)c5)c(C)c4c(=O)[nH]3)c(=O)oc12. The number of anilines is 1. The summed E-state index contributed by atoms with van der Waals surface area (Å²) in [6, 6.07) is 12.6. The second kappa shape index (κ2) is 8.52. The Morgan fingerprint density at radius 1 is 1.09 bits per heavy atom. The molecular formula is C26H21N3O5S. The lowest BCUT2D eigenvalue weighted by Gasteiger charge is -2.07. The molecule has 8 nitrogen and oxygen atoms in total. The van der Waals surface area contributed by atoms with Gasteiger partial charge in [0.25, 0.3) is 11.5 Å². The number of ether oxygens (including phenoxy) is 1. The molecule has 5 aromatic rings. The molecule has 2 aromatic carbocycles. The topological polar surface area (TPSA) is 114 Å². The Morgan fingerprint density at radius 3 is 2.54 bits per heavy atom. The summed E-state index contributed by atoms with van der Waals surface area (Å²) in [6.07, 6.45) is 0. The Bertz CT molecular complexity index is 1740. The van der Waals surface area contributed by atoms with E-state index in [-0.39, 0.29) is 17.3 Å². The van der Waals surface area contributed by atoms with Crippen molar-refractivity contribution in [2.45, 2.75) is 20.8 Å². The van der Waals surface area contributed by atoms with E-state index in [1.165, 1.54) is 7.11 Å². The number of aromatic amines is 1. The molecule has 0 saturated heterocycles. The molecule has 0 atom stereocenters. The normalized spacial score (nSPS) is 11.2. The fourth-order valence-corrected chi connectivity index (χ4v) is 5.24. The van der Waals surface area contributed by atoms with Crippen molar-refractivity contribution in [1.29, 1.82) is 0 Å². The predicted octanol–water partition coefficient (Wildman–Crippen LogP) is 4.94. The molecule has 5 rings (SSSR count). The molecule has 0 unspecified atom stereocenters. The summed E-state index contributed by atoms with van der Waals surface area (Å²) in [4.78, 5) is 46.7. The van der Waals surface area contributed by atoms with E-state index in [1.807, 2.05) is 32.0 Å². The molecule has 0 radical (unpaired) electrons. The molecule has 3 aromatic heterocycles. The van der Waals surface area contributed by atoms with Crippen molar-refractivity contribution >= 4 is 44.1 Å². The van der Waals surface area contributed by atoms with Gasteiger partial charge < -0.3 is 19.5 Å². The van der Waals surface area contributed by atoms with Crippen LogP contribution in [0.3, 0.4) is 0 Å². The number of rotatable bonds is 4. The first-order chi connectivity index (χ1) is 16.7. The predicted molar refractivity (Wildman–Crippen MR) is 137 cm³/mol. The number of benzene rings is 2. The molecule has 0 spiro atoms. The second-order valence-electron chi connectivity index (χ2n) is 8.31. The summed E-state index contributed by atoms with van der Waals surface area (Å²) in [7, 11) is 1.49. The molecule has 3 heterocycles. The Morgan fingerprint density at radius 2 is 1.83 bits per heavy atom. The van der Waals surface area contributed by atoms with Crippen LogP contribution in [0, 0.1) is 20.8 Å². The van der Waals surface area contributed by atoms with Gasteiger partial charge in [0.2, 0.25) is 0 Å². The molecule has 0 fully saturated rings. The molecule has 1 amide bonds. The number of nitrogens with zero attached hydrogens (tertiary/aromatic N) is 1. The molecule has 0 aliphatic carbocycles. The van der Waals surface area contributed by atoms with Crippen LogP contribution in [0.1, 0.15) is 26.4 Å². The van der Waals surface area contributed by atoms with Gasteiger partial charge in [0.1, 0.15) is 16.2 Å². The number of aryl methyl sites for hydroxylation is 3. The summed E-state index contributed by atoms with van der Waals surface area (Å²) < 4.78 is 10.7. The van der Waals surface area contributed by atoms with Crippen LogP contribution in [0.25, 0.3) is 32.6 Å². The van der Waals surface area contributed by atoms with E-state index in [9.17, 15) is 14.4 Å². The standard InChI is InChI=1S/C26H21N3O5S/c1-12-8-13(2)10-16(9-12)27-24(31)21-14(3)19-23(30)28-22(29-25(19)35-21)17-11-15-6-5-7-18(33-4)20(15)34-26(17)32/h5-11H,1-4H3,(H,27,31)(H,28,29,30). The van der Waals surface area contributed by atoms with Crippen molar-refractivity contribution in [3.63, 3.8) is 0 Å². The Kier molecular flexibility index (Phi) is 5.49. The average Bonchev–Trinajstić information content (AvgIpc) is 3.14. The molecular weight excluding hydrogens is 466 g/mol. The number of fused-ring (bicyclic) bond motifs is 2. The number of para-hydroxylation sites is 1. The monoisotopic (exact) mass is 487 g/mol. The summed E-state index contributed by atoms with van der Waals surface area (Å²) in [5.41, 5.74) is 2.59. The fraction of sp³-hybridized carbons (Fsp3) is 0.154. The third-order valence-corrected chi connectivity index (χ3v) is 6.87. The number of methoxy groups -OCH3 is 1. The van der Waals surface area contributed by atoms with E-state index in [2.05, 4.69) is 15.3 Å². The minimum absolute atomic E-state index is 0.0727. The van der Waals surface area contributed by atoms with Gasteiger partial charge in [0.05, 0.1) is 17.4 Å². The average molecular weight is 488 g/mol. The van der Waals surface area contributed by atoms with Crippen molar-refractivity contribution in [1.82, 2.24) is 9.97 Å². The zero-order valence-electron chi connectivity index (χ0n) is 19.4. The summed E-state index contributed by atoms with van der Waals surface area (Å²) in [5, 5.41) is 3.84. The smallest absolute Gasteiger partial charge is 0.347 e. The zero-order valence-corrected chi connectivity index (χ0v) is 20.3. The number of carbonyl (C=O) groups excluding carboxylic acids is 1. The highest BCUT2D eigenvalue weighted by Gasteiger charge is 2.21. The van der Waals surface area contributed by atoms with Crippen molar-refractivity contribution in [2.75, 3.05) is 12.4 Å². The molecule has 2 N–H and O–H groups in total. The number of hydrogen-bond acceptors (Lipinski definition) is 7. The van der Waals surface area contributed by atoms with Crippen LogP contribution in [0.5, 0.6) is 5.75 Å².